The molecule has 2 aromatic carbocycles. The topological polar surface area (TPSA) is 97.3 Å². The zero-order chi connectivity index (χ0) is 16.8. The molecule has 8 heteroatoms. The van der Waals surface area contributed by atoms with Crippen molar-refractivity contribution < 1.29 is 19.2 Å². The van der Waals surface area contributed by atoms with E-state index < -0.39 is 11.8 Å². The van der Waals surface area contributed by atoms with Crippen LogP contribution in [0.2, 0.25) is 0 Å². The van der Waals surface area contributed by atoms with E-state index in [1.54, 1.807) is 6.07 Å². The molecule has 0 amide bonds. The van der Waals surface area contributed by atoms with Crippen molar-refractivity contribution in [1.29, 1.82) is 0 Å². The van der Waals surface area contributed by atoms with E-state index in [1.807, 2.05) is 0 Å². The van der Waals surface area contributed by atoms with Gasteiger partial charge in [-0.15, -0.1) is 0 Å². The van der Waals surface area contributed by atoms with Gasteiger partial charge in [-0.2, -0.15) is 5.90 Å². The first kappa shape index (κ1) is 16.8. The number of oxime groups is 1. The number of amidine groups is 1. The van der Waals surface area contributed by atoms with E-state index in [0.717, 1.165) is 0 Å². The Balaban J connectivity index is 2.29. The zero-order valence-corrected chi connectivity index (χ0v) is 13.2. The molecule has 0 saturated heterocycles. The van der Waals surface area contributed by atoms with Crippen molar-refractivity contribution in [2.75, 3.05) is 0 Å². The summed E-state index contributed by atoms with van der Waals surface area (Å²) in [4.78, 5) is 19.7. The zero-order valence-electron chi connectivity index (χ0n) is 11.6. The summed E-state index contributed by atoms with van der Waals surface area (Å²) in [6.45, 7) is 0. The highest BCUT2D eigenvalue weighted by atomic mass is 79.9. The molecule has 0 fully saturated rings. The third kappa shape index (κ3) is 4.44. The van der Waals surface area contributed by atoms with Crippen LogP contribution in [0.3, 0.4) is 0 Å². The second kappa shape index (κ2) is 7.61. The lowest BCUT2D eigenvalue weighted by molar-refractivity contribution is 0.0503. The van der Waals surface area contributed by atoms with Crippen LogP contribution in [0.4, 0.5) is 4.39 Å². The normalized spacial score (nSPS) is 11.7. The predicted octanol–water partition coefficient (Wildman–Crippen LogP) is 2.87. The molecule has 0 atom stereocenters. The number of aliphatic imine (C=N–C) groups is 1. The summed E-state index contributed by atoms with van der Waals surface area (Å²) in [6.07, 6.45) is 1.39. The SMILES string of the molecule is NOC(=O)c1cc(Br)cc(C=N/C(=N\O)c2ccc(F)cc2)c1. The van der Waals surface area contributed by atoms with Crippen molar-refractivity contribution in [3.05, 3.63) is 69.4 Å². The molecular weight excluding hydrogens is 369 g/mol. The van der Waals surface area contributed by atoms with Crippen LogP contribution in [0.1, 0.15) is 21.5 Å². The summed E-state index contributed by atoms with van der Waals surface area (Å²) in [5.74, 6) is 3.74. The minimum Gasteiger partial charge on any atom is -0.409 e. The Morgan fingerprint density at radius 3 is 2.52 bits per heavy atom. The second-order valence-electron chi connectivity index (χ2n) is 4.37. The number of benzene rings is 2. The number of nitrogens with zero attached hydrogens (tertiary/aromatic N) is 2. The van der Waals surface area contributed by atoms with Crippen LogP contribution in [0, 0.1) is 5.82 Å². The molecule has 0 bridgehead atoms. The average Bonchev–Trinajstić information content (AvgIpc) is 2.55. The van der Waals surface area contributed by atoms with Crippen LogP contribution in [0.5, 0.6) is 0 Å². The van der Waals surface area contributed by atoms with Gasteiger partial charge in [0.15, 0.2) is 5.84 Å². The molecule has 0 spiro atoms. The molecule has 0 saturated carbocycles. The van der Waals surface area contributed by atoms with Crippen molar-refractivity contribution in [3.8, 4) is 0 Å². The van der Waals surface area contributed by atoms with Gasteiger partial charge in [0.05, 0.1) is 5.56 Å². The van der Waals surface area contributed by atoms with Gasteiger partial charge in [0.2, 0.25) is 0 Å². The van der Waals surface area contributed by atoms with Crippen molar-refractivity contribution in [1.82, 2.24) is 0 Å². The van der Waals surface area contributed by atoms with Gasteiger partial charge < -0.3 is 10.0 Å². The van der Waals surface area contributed by atoms with Gasteiger partial charge in [0.1, 0.15) is 5.82 Å². The highest BCUT2D eigenvalue weighted by Crippen LogP contribution is 2.16. The maximum atomic E-state index is 12.9. The molecule has 0 aromatic heterocycles. The maximum absolute atomic E-state index is 12.9. The first-order chi connectivity index (χ1) is 11.0. The van der Waals surface area contributed by atoms with E-state index in [9.17, 15) is 9.18 Å². The minimum atomic E-state index is -0.699. The quantitative estimate of drug-likeness (QED) is 0.370. The summed E-state index contributed by atoms with van der Waals surface area (Å²) in [7, 11) is 0. The largest absolute Gasteiger partial charge is 0.409 e. The molecular formula is C15H11BrFN3O3. The Morgan fingerprint density at radius 2 is 1.91 bits per heavy atom. The van der Waals surface area contributed by atoms with E-state index in [0.29, 0.717) is 15.6 Å². The summed E-state index contributed by atoms with van der Waals surface area (Å²) in [5.41, 5.74) is 1.21. The predicted molar refractivity (Wildman–Crippen MR) is 86.1 cm³/mol. The fourth-order valence-corrected chi connectivity index (χ4v) is 2.28. The molecule has 0 radical (unpaired) electrons. The van der Waals surface area contributed by atoms with E-state index in [2.05, 4.69) is 30.9 Å². The van der Waals surface area contributed by atoms with Gasteiger partial charge in [-0.1, -0.05) is 21.1 Å². The Kier molecular flexibility index (Phi) is 5.56. The molecule has 0 aliphatic carbocycles. The molecule has 2 rings (SSSR count). The van der Waals surface area contributed by atoms with E-state index in [4.69, 9.17) is 11.1 Å². The summed E-state index contributed by atoms with van der Waals surface area (Å²) < 4.78 is 13.5. The Labute approximate surface area is 139 Å². The molecule has 118 valence electrons. The number of carbonyl (C=O) groups is 1. The Bertz CT molecular complexity index is 776. The average molecular weight is 380 g/mol. The number of halogens is 2. The van der Waals surface area contributed by atoms with E-state index in [-0.39, 0.29) is 11.4 Å². The molecule has 0 unspecified atom stereocenters. The number of carbonyl (C=O) groups excluding carboxylic acids is 1. The van der Waals surface area contributed by atoms with Gasteiger partial charge in [0.25, 0.3) is 0 Å². The molecule has 3 N–H and O–H groups in total. The van der Waals surface area contributed by atoms with E-state index >= 15 is 0 Å². The van der Waals surface area contributed by atoms with Gasteiger partial charge >= 0.3 is 5.97 Å². The second-order valence-corrected chi connectivity index (χ2v) is 5.28. The lowest BCUT2D eigenvalue weighted by Crippen LogP contribution is -2.10. The number of hydrogen-bond donors (Lipinski definition) is 2. The van der Waals surface area contributed by atoms with Crippen molar-refractivity contribution in [2.24, 2.45) is 16.0 Å². The van der Waals surface area contributed by atoms with Crippen LogP contribution in [-0.2, 0) is 4.84 Å². The van der Waals surface area contributed by atoms with Crippen molar-refractivity contribution in [2.45, 2.75) is 0 Å². The molecule has 0 aliphatic heterocycles. The number of nitrogens with two attached hydrogens (primary N) is 1. The van der Waals surface area contributed by atoms with E-state index in [1.165, 1.54) is 42.6 Å². The lowest BCUT2D eigenvalue weighted by Gasteiger charge is -2.02. The van der Waals surface area contributed by atoms with Crippen LogP contribution in [0.25, 0.3) is 0 Å². The van der Waals surface area contributed by atoms with Crippen molar-refractivity contribution in [3.63, 3.8) is 0 Å². The smallest absolute Gasteiger partial charge is 0.356 e. The van der Waals surface area contributed by atoms with Gasteiger partial charge in [-0.05, 0) is 48.0 Å². The minimum absolute atomic E-state index is 0.00655. The monoisotopic (exact) mass is 379 g/mol. The fraction of sp³-hybridized carbons (Fsp3) is 0. The van der Waals surface area contributed by atoms with Crippen LogP contribution in [0.15, 0.2) is 57.1 Å². The summed E-state index contributed by atoms with van der Waals surface area (Å²) >= 11 is 3.26. The Hall–Kier alpha value is -2.58. The molecule has 6 nitrogen and oxygen atoms in total. The first-order valence-corrected chi connectivity index (χ1v) is 7.06. The Morgan fingerprint density at radius 1 is 1.22 bits per heavy atom. The highest BCUT2D eigenvalue weighted by molar-refractivity contribution is 9.10. The summed E-state index contributed by atoms with van der Waals surface area (Å²) in [6, 6.07) is 10.0. The third-order valence-electron chi connectivity index (χ3n) is 2.80. The number of rotatable bonds is 3. The van der Waals surface area contributed by atoms with Gasteiger partial charge in [0, 0.05) is 16.3 Å². The van der Waals surface area contributed by atoms with Crippen LogP contribution in [-0.4, -0.2) is 23.2 Å². The van der Waals surface area contributed by atoms with Crippen LogP contribution < -0.4 is 5.90 Å². The first-order valence-electron chi connectivity index (χ1n) is 6.27. The number of hydrogen-bond acceptors (Lipinski definition) is 5. The van der Waals surface area contributed by atoms with Gasteiger partial charge in [-0.25, -0.2) is 14.2 Å². The molecule has 23 heavy (non-hydrogen) atoms. The third-order valence-corrected chi connectivity index (χ3v) is 3.25. The standard InChI is InChI=1S/C15H11BrFN3O3/c16-12-6-9(5-11(7-12)15(21)23-18)8-19-14(20-22)10-1-3-13(17)4-2-10/h1-8,22H,18H2/b19-8?,20-14-. The van der Waals surface area contributed by atoms with Crippen molar-refractivity contribution >= 4 is 33.9 Å². The molecule has 2 aromatic rings. The highest BCUT2D eigenvalue weighted by Gasteiger charge is 2.08. The summed E-state index contributed by atoms with van der Waals surface area (Å²) in [5, 5.41) is 12.1. The maximum Gasteiger partial charge on any atom is 0.356 e. The molecule has 0 aliphatic rings. The van der Waals surface area contributed by atoms with Crippen LogP contribution >= 0.6 is 15.9 Å². The van der Waals surface area contributed by atoms with Gasteiger partial charge in [-0.3, -0.25) is 0 Å². The fourth-order valence-electron chi connectivity index (χ4n) is 1.77. The lowest BCUT2D eigenvalue weighted by atomic mass is 10.1. The molecule has 0 heterocycles.